The molecule has 0 aromatic heterocycles. The summed E-state index contributed by atoms with van der Waals surface area (Å²) in [5.41, 5.74) is 2.63. The lowest BCUT2D eigenvalue weighted by Crippen LogP contribution is -2.20. The molecular formula is C23H20FNO4. The van der Waals surface area contributed by atoms with Gasteiger partial charge in [-0.1, -0.05) is 42.5 Å². The van der Waals surface area contributed by atoms with Crippen molar-refractivity contribution >= 4 is 11.6 Å². The van der Waals surface area contributed by atoms with Gasteiger partial charge in [-0.3, -0.25) is 4.79 Å². The molecule has 148 valence electrons. The zero-order valence-corrected chi connectivity index (χ0v) is 15.9. The number of ether oxygens (including phenoxy) is 3. The van der Waals surface area contributed by atoms with Crippen LogP contribution in [-0.4, -0.2) is 5.91 Å². The number of anilines is 1. The average Bonchev–Trinajstić information content (AvgIpc) is 2.73. The number of rotatable bonds is 5. The van der Waals surface area contributed by atoms with Crippen LogP contribution in [0.25, 0.3) is 0 Å². The van der Waals surface area contributed by atoms with E-state index in [4.69, 9.17) is 14.2 Å². The third-order valence-corrected chi connectivity index (χ3v) is 4.48. The second-order valence-corrected chi connectivity index (χ2v) is 6.69. The van der Waals surface area contributed by atoms with Gasteiger partial charge in [-0.05, 0) is 24.3 Å². The van der Waals surface area contributed by atoms with Gasteiger partial charge in [0, 0.05) is 23.6 Å². The summed E-state index contributed by atoms with van der Waals surface area (Å²) in [5, 5.41) is 2.72. The first kappa shape index (κ1) is 19.0. The van der Waals surface area contributed by atoms with Crippen molar-refractivity contribution in [3.63, 3.8) is 0 Å². The quantitative estimate of drug-likeness (QED) is 0.665. The number of halogens is 1. The van der Waals surface area contributed by atoms with E-state index in [1.165, 1.54) is 19.1 Å². The molecule has 0 spiro atoms. The van der Waals surface area contributed by atoms with Gasteiger partial charge in [0.05, 0.1) is 12.3 Å². The Balaban J connectivity index is 1.58. The van der Waals surface area contributed by atoms with Crippen molar-refractivity contribution in [2.24, 2.45) is 0 Å². The van der Waals surface area contributed by atoms with Crippen LogP contribution in [0.15, 0.2) is 66.7 Å². The Morgan fingerprint density at radius 2 is 1.90 bits per heavy atom. The van der Waals surface area contributed by atoms with E-state index in [0.29, 0.717) is 28.3 Å². The molecule has 4 rings (SSSR count). The van der Waals surface area contributed by atoms with Crippen LogP contribution in [0.5, 0.6) is 11.5 Å². The number of carbonyl (C=O) groups excluding carboxylic acids is 1. The maximum atomic E-state index is 14.1. The molecular weight excluding hydrogens is 373 g/mol. The standard InChI is InChI=1S/C23H20FNO4/c1-15(26)25-20-9-5-6-10-21(20)27-13-17-11-19(24)12-18-14-28-23(29-22(17)18)16-7-3-2-4-8-16/h2-12,23H,13-14H2,1H3,(H,25,26)/t23-/m0/s1. The van der Waals surface area contributed by atoms with Crippen LogP contribution in [0.2, 0.25) is 0 Å². The number of carbonyl (C=O) groups is 1. The summed E-state index contributed by atoms with van der Waals surface area (Å²) in [6.07, 6.45) is -0.570. The predicted molar refractivity (Wildman–Crippen MR) is 106 cm³/mol. The zero-order chi connectivity index (χ0) is 20.2. The fourth-order valence-electron chi connectivity index (χ4n) is 3.20. The second kappa shape index (κ2) is 8.32. The van der Waals surface area contributed by atoms with Crippen molar-refractivity contribution in [3.8, 4) is 11.5 Å². The highest BCUT2D eigenvalue weighted by atomic mass is 19.1. The number of hydrogen-bond donors (Lipinski definition) is 1. The minimum Gasteiger partial charge on any atom is -0.487 e. The van der Waals surface area contributed by atoms with Crippen LogP contribution in [0.4, 0.5) is 10.1 Å². The van der Waals surface area contributed by atoms with Crippen molar-refractivity contribution in [2.45, 2.75) is 26.4 Å². The molecule has 0 saturated heterocycles. The van der Waals surface area contributed by atoms with Gasteiger partial charge in [0.2, 0.25) is 12.2 Å². The number of nitrogens with one attached hydrogen (secondary N) is 1. The molecule has 6 heteroatoms. The molecule has 1 amide bonds. The zero-order valence-electron chi connectivity index (χ0n) is 15.9. The van der Waals surface area contributed by atoms with Gasteiger partial charge in [0.1, 0.15) is 23.9 Å². The van der Waals surface area contributed by atoms with E-state index < -0.39 is 6.29 Å². The largest absolute Gasteiger partial charge is 0.487 e. The molecule has 1 atom stereocenters. The molecule has 0 unspecified atom stereocenters. The van der Waals surface area contributed by atoms with E-state index in [1.54, 1.807) is 24.3 Å². The van der Waals surface area contributed by atoms with Crippen LogP contribution in [0.3, 0.4) is 0 Å². The van der Waals surface area contributed by atoms with Gasteiger partial charge in [-0.25, -0.2) is 4.39 Å². The van der Waals surface area contributed by atoms with E-state index in [0.717, 1.165) is 5.56 Å². The molecule has 0 fully saturated rings. The molecule has 3 aromatic carbocycles. The predicted octanol–water partition coefficient (Wildman–Crippen LogP) is 4.97. The molecule has 29 heavy (non-hydrogen) atoms. The van der Waals surface area contributed by atoms with Gasteiger partial charge >= 0.3 is 0 Å². The molecule has 5 nitrogen and oxygen atoms in total. The molecule has 0 saturated carbocycles. The summed E-state index contributed by atoms with van der Waals surface area (Å²) in [4.78, 5) is 11.4. The first-order valence-corrected chi connectivity index (χ1v) is 9.24. The van der Waals surface area contributed by atoms with Crippen LogP contribution >= 0.6 is 0 Å². The highest BCUT2D eigenvalue weighted by Crippen LogP contribution is 2.37. The summed E-state index contributed by atoms with van der Waals surface area (Å²) in [5.74, 6) is 0.467. The third-order valence-electron chi connectivity index (χ3n) is 4.48. The molecule has 1 aliphatic heterocycles. The summed E-state index contributed by atoms with van der Waals surface area (Å²) < 4.78 is 31.8. The van der Waals surface area contributed by atoms with E-state index >= 15 is 0 Å². The maximum absolute atomic E-state index is 14.1. The van der Waals surface area contributed by atoms with Gasteiger partial charge in [0.15, 0.2) is 0 Å². The highest BCUT2D eigenvalue weighted by Gasteiger charge is 2.25. The number of para-hydroxylation sites is 2. The fourth-order valence-corrected chi connectivity index (χ4v) is 3.20. The Hall–Kier alpha value is -3.38. The van der Waals surface area contributed by atoms with Gasteiger partial charge in [0.25, 0.3) is 0 Å². The van der Waals surface area contributed by atoms with Crippen LogP contribution < -0.4 is 14.8 Å². The van der Waals surface area contributed by atoms with E-state index in [2.05, 4.69) is 5.32 Å². The lowest BCUT2D eigenvalue weighted by molar-refractivity contribution is -0.114. The fraction of sp³-hybridized carbons (Fsp3) is 0.174. The Morgan fingerprint density at radius 1 is 1.14 bits per heavy atom. The van der Waals surface area contributed by atoms with Crippen molar-refractivity contribution in [1.82, 2.24) is 0 Å². The summed E-state index contributed by atoms with van der Waals surface area (Å²) in [6, 6.07) is 19.5. The van der Waals surface area contributed by atoms with Crippen LogP contribution in [0.1, 0.15) is 29.9 Å². The first-order valence-electron chi connectivity index (χ1n) is 9.24. The Bertz CT molecular complexity index is 1020. The molecule has 1 heterocycles. The van der Waals surface area contributed by atoms with E-state index in [-0.39, 0.29) is 24.9 Å². The van der Waals surface area contributed by atoms with Crippen molar-refractivity contribution in [2.75, 3.05) is 5.32 Å². The van der Waals surface area contributed by atoms with Crippen molar-refractivity contribution < 1.29 is 23.4 Å². The van der Waals surface area contributed by atoms with Gasteiger partial charge in [-0.15, -0.1) is 0 Å². The van der Waals surface area contributed by atoms with E-state index in [1.807, 2.05) is 30.3 Å². The Labute approximate surface area is 168 Å². The number of benzene rings is 3. The van der Waals surface area contributed by atoms with Gasteiger partial charge < -0.3 is 19.5 Å². The molecule has 1 N–H and O–H groups in total. The number of amides is 1. The van der Waals surface area contributed by atoms with Crippen molar-refractivity contribution in [1.29, 1.82) is 0 Å². The highest BCUT2D eigenvalue weighted by molar-refractivity contribution is 5.90. The van der Waals surface area contributed by atoms with Crippen molar-refractivity contribution in [3.05, 3.63) is 89.2 Å². The topological polar surface area (TPSA) is 56.8 Å². The maximum Gasteiger partial charge on any atom is 0.227 e. The second-order valence-electron chi connectivity index (χ2n) is 6.69. The monoisotopic (exact) mass is 393 g/mol. The smallest absolute Gasteiger partial charge is 0.227 e. The lowest BCUT2D eigenvalue weighted by Gasteiger charge is -2.28. The number of hydrogen-bond acceptors (Lipinski definition) is 4. The molecule has 0 bridgehead atoms. The summed E-state index contributed by atoms with van der Waals surface area (Å²) in [6.45, 7) is 1.75. The molecule has 3 aromatic rings. The summed E-state index contributed by atoms with van der Waals surface area (Å²) >= 11 is 0. The lowest BCUT2D eigenvalue weighted by atomic mass is 10.1. The SMILES string of the molecule is CC(=O)Nc1ccccc1OCc1cc(F)cc2c1O[C@@H](c1ccccc1)OC2. The average molecular weight is 393 g/mol. The Morgan fingerprint density at radius 3 is 2.69 bits per heavy atom. The number of fused-ring (bicyclic) bond motifs is 1. The Kier molecular flexibility index (Phi) is 5.44. The molecule has 0 radical (unpaired) electrons. The van der Waals surface area contributed by atoms with Crippen LogP contribution in [0, 0.1) is 5.82 Å². The third kappa shape index (κ3) is 4.38. The minimum atomic E-state index is -0.570. The minimum absolute atomic E-state index is 0.0815. The normalized spacial score (nSPS) is 15.2. The van der Waals surface area contributed by atoms with Gasteiger partial charge in [-0.2, -0.15) is 0 Å². The molecule has 0 aliphatic carbocycles. The van der Waals surface area contributed by atoms with Crippen LogP contribution in [-0.2, 0) is 22.7 Å². The van der Waals surface area contributed by atoms with E-state index in [9.17, 15) is 9.18 Å². The first-order chi connectivity index (χ1) is 14.1. The molecule has 1 aliphatic rings. The summed E-state index contributed by atoms with van der Waals surface area (Å²) in [7, 11) is 0.